The molecule has 0 fully saturated rings. The lowest BCUT2D eigenvalue weighted by molar-refractivity contribution is -0.121. The van der Waals surface area contributed by atoms with Crippen molar-refractivity contribution in [2.24, 2.45) is 0 Å². The van der Waals surface area contributed by atoms with Crippen LogP contribution in [0.1, 0.15) is 12.8 Å². The number of hydrogen-bond donors (Lipinski definition) is 3. The lowest BCUT2D eigenvalue weighted by Gasteiger charge is -2.06. The summed E-state index contributed by atoms with van der Waals surface area (Å²) in [6.45, 7) is 1.00. The summed E-state index contributed by atoms with van der Waals surface area (Å²) >= 11 is 0. The molecule has 0 bridgehead atoms. The van der Waals surface area contributed by atoms with Crippen molar-refractivity contribution in [1.82, 2.24) is 10.6 Å². The summed E-state index contributed by atoms with van der Waals surface area (Å²) in [5.74, 6) is -0.146. The molecular formula is C13H20ClN3O2. The minimum Gasteiger partial charge on any atom is -0.356 e. The van der Waals surface area contributed by atoms with Gasteiger partial charge in [-0.05, 0) is 19.2 Å². The minimum absolute atomic E-state index is 0. The standard InChI is InChI=1S/C13H19N3O2.ClH/c1-14-9-7-12(17)15-10-8-13(18)16-11-5-3-2-4-6-11;/h2-6,14H,7-10H2,1H3,(H,15,17)(H,16,18);1H. The van der Waals surface area contributed by atoms with Crippen LogP contribution in [0.4, 0.5) is 5.69 Å². The fraction of sp³-hybridized carbons (Fsp3) is 0.385. The van der Waals surface area contributed by atoms with E-state index in [2.05, 4.69) is 16.0 Å². The number of para-hydroxylation sites is 1. The van der Waals surface area contributed by atoms with Crippen LogP contribution in [0.15, 0.2) is 30.3 Å². The highest BCUT2D eigenvalue weighted by molar-refractivity contribution is 5.91. The van der Waals surface area contributed by atoms with Gasteiger partial charge in [-0.25, -0.2) is 0 Å². The van der Waals surface area contributed by atoms with Gasteiger partial charge in [-0.2, -0.15) is 0 Å². The first-order chi connectivity index (χ1) is 8.72. The van der Waals surface area contributed by atoms with Crippen molar-refractivity contribution in [3.05, 3.63) is 30.3 Å². The Bertz CT molecular complexity index is 385. The molecule has 0 atom stereocenters. The van der Waals surface area contributed by atoms with E-state index < -0.39 is 0 Å². The molecule has 0 aromatic heterocycles. The van der Waals surface area contributed by atoms with E-state index >= 15 is 0 Å². The van der Waals surface area contributed by atoms with Crippen LogP contribution >= 0.6 is 12.4 Å². The van der Waals surface area contributed by atoms with E-state index in [1.54, 1.807) is 7.05 Å². The smallest absolute Gasteiger partial charge is 0.226 e. The molecule has 0 aliphatic heterocycles. The summed E-state index contributed by atoms with van der Waals surface area (Å²) in [5.41, 5.74) is 0.768. The molecular weight excluding hydrogens is 266 g/mol. The Balaban J connectivity index is 0.00000324. The number of rotatable bonds is 7. The highest BCUT2D eigenvalue weighted by Gasteiger charge is 2.03. The first-order valence-electron chi connectivity index (χ1n) is 5.98. The van der Waals surface area contributed by atoms with Gasteiger partial charge >= 0.3 is 0 Å². The van der Waals surface area contributed by atoms with Gasteiger partial charge in [0, 0.05) is 31.6 Å². The maximum atomic E-state index is 11.5. The number of carbonyl (C=O) groups excluding carboxylic acids is 2. The van der Waals surface area contributed by atoms with Crippen molar-refractivity contribution in [3.63, 3.8) is 0 Å². The van der Waals surface area contributed by atoms with E-state index in [9.17, 15) is 9.59 Å². The molecule has 106 valence electrons. The summed E-state index contributed by atoms with van der Waals surface area (Å²) in [6, 6.07) is 9.24. The maximum absolute atomic E-state index is 11.5. The van der Waals surface area contributed by atoms with Gasteiger partial charge in [-0.15, -0.1) is 12.4 Å². The Morgan fingerprint density at radius 2 is 1.63 bits per heavy atom. The zero-order valence-corrected chi connectivity index (χ0v) is 11.8. The summed E-state index contributed by atoms with van der Waals surface area (Å²) < 4.78 is 0. The molecule has 1 rings (SSSR count). The third-order valence-corrected chi connectivity index (χ3v) is 2.33. The molecule has 0 saturated heterocycles. The molecule has 0 saturated carbocycles. The molecule has 0 aliphatic rings. The number of carbonyl (C=O) groups is 2. The van der Waals surface area contributed by atoms with E-state index in [-0.39, 0.29) is 30.6 Å². The molecule has 19 heavy (non-hydrogen) atoms. The number of benzene rings is 1. The quantitative estimate of drug-likeness (QED) is 0.704. The first kappa shape index (κ1) is 17.4. The SMILES string of the molecule is CNCCC(=O)NCCC(=O)Nc1ccccc1.Cl. The Morgan fingerprint density at radius 1 is 1.00 bits per heavy atom. The van der Waals surface area contributed by atoms with Crippen LogP contribution in [0.3, 0.4) is 0 Å². The maximum Gasteiger partial charge on any atom is 0.226 e. The number of halogens is 1. The fourth-order valence-electron chi connectivity index (χ4n) is 1.39. The Hall–Kier alpha value is -1.59. The summed E-state index contributed by atoms with van der Waals surface area (Å²) in [6.07, 6.45) is 0.705. The average Bonchev–Trinajstić information content (AvgIpc) is 2.37. The van der Waals surface area contributed by atoms with E-state index in [0.717, 1.165) is 5.69 Å². The largest absolute Gasteiger partial charge is 0.356 e. The van der Waals surface area contributed by atoms with Gasteiger partial charge in [0.15, 0.2) is 0 Å². The summed E-state index contributed by atoms with van der Waals surface area (Å²) in [5, 5.41) is 8.34. The molecule has 0 spiro atoms. The van der Waals surface area contributed by atoms with Crippen molar-refractivity contribution in [2.45, 2.75) is 12.8 Å². The molecule has 0 aliphatic carbocycles. The third-order valence-electron chi connectivity index (χ3n) is 2.33. The van der Waals surface area contributed by atoms with Crippen LogP contribution in [-0.2, 0) is 9.59 Å². The topological polar surface area (TPSA) is 70.2 Å². The number of amides is 2. The Morgan fingerprint density at radius 3 is 2.26 bits per heavy atom. The van der Waals surface area contributed by atoms with Gasteiger partial charge in [0.25, 0.3) is 0 Å². The van der Waals surface area contributed by atoms with Crippen molar-refractivity contribution in [3.8, 4) is 0 Å². The highest BCUT2D eigenvalue weighted by Crippen LogP contribution is 2.04. The molecule has 1 aromatic rings. The van der Waals surface area contributed by atoms with Crippen molar-refractivity contribution < 1.29 is 9.59 Å². The van der Waals surface area contributed by atoms with E-state index in [4.69, 9.17) is 0 Å². The minimum atomic E-state index is -0.102. The highest BCUT2D eigenvalue weighted by atomic mass is 35.5. The van der Waals surface area contributed by atoms with Crippen LogP contribution < -0.4 is 16.0 Å². The normalized spacial score (nSPS) is 9.32. The predicted molar refractivity (Wildman–Crippen MR) is 78.5 cm³/mol. The Labute approximate surface area is 119 Å². The van der Waals surface area contributed by atoms with Crippen LogP contribution in [0.2, 0.25) is 0 Å². The van der Waals surface area contributed by atoms with E-state index in [0.29, 0.717) is 19.5 Å². The molecule has 5 nitrogen and oxygen atoms in total. The fourth-order valence-corrected chi connectivity index (χ4v) is 1.39. The average molecular weight is 286 g/mol. The lowest BCUT2D eigenvalue weighted by Crippen LogP contribution is -2.29. The number of hydrogen-bond acceptors (Lipinski definition) is 3. The van der Waals surface area contributed by atoms with Crippen molar-refractivity contribution >= 4 is 29.9 Å². The van der Waals surface area contributed by atoms with Gasteiger partial charge in [0.05, 0.1) is 0 Å². The lowest BCUT2D eigenvalue weighted by atomic mass is 10.3. The summed E-state index contributed by atoms with van der Waals surface area (Å²) in [4.78, 5) is 22.8. The molecule has 6 heteroatoms. The van der Waals surface area contributed by atoms with Crippen LogP contribution in [0.25, 0.3) is 0 Å². The second-order valence-electron chi connectivity index (χ2n) is 3.87. The van der Waals surface area contributed by atoms with Crippen LogP contribution in [0.5, 0.6) is 0 Å². The molecule has 2 amide bonds. The first-order valence-corrected chi connectivity index (χ1v) is 5.98. The number of nitrogens with one attached hydrogen (secondary N) is 3. The van der Waals surface area contributed by atoms with Crippen LogP contribution in [0, 0.1) is 0 Å². The zero-order valence-electron chi connectivity index (χ0n) is 10.9. The number of anilines is 1. The van der Waals surface area contributed by atoms with Gasteiger partial charge in [-0.1, -0.05) is 18.2 Å². The van der Waals surface area contributed by atoms with E-state index in [1.807, 2.05) is 30.3 Å². The monoisotopic (exact) mass is 285 g/mol. The molecule has 0 heterocycles. The molecule has 0 radical (unpaired) electrons. The second kappa shape index (κ2) is 10.3. The third kappa shape index (κ3) is 8.18. The van der Waals surface area contributed by atoms with Crippen molar-refractivity contribution in [2.75, 3.05) is 25.5 Å². The van der Waals surface area contributed by atoms with Crippen molar-refractivity contribution in [1.29, 1.82) is 0 Å². The van der Waals surface area contributed by atoms with Gasteiger partial charge in [0.1, 0.15) is 0 Å². The Kier molecular flexibility index (Phi) is 9.48. The molecule has 1 aromatic carbocycles. The van der Waals surface area contributed by atoms with Gasteiger partial charge < -0.3 is 16.0 Å². The molecule has 3 N–H and O–H groups in total. The second-order valence-corrected chi connectivity index (χ2v) is 3.87. The van der Waals surface area contributed by atoms with Gasteiger partial charge in [-0.3, -0.25) is 9.59 Å². The van der Waals surface area contributed by atoms with Crippen LogP contribution in [-0.4, -0.2) is 32.0 Å². The summed E-state index contributed by atoms with van der Waals surface area (Å²) in [7, 11) is 1.79. The zero-order chi connectivity index (χ0) is 13.2. The predicted octanol–water partition coefficient (Wildman–Crippen LogP) is 1.16. The van der Waals surface area contributed by atoms with E-state index in [1.165, 1.54) is 0 Å². The molecule has 0 unspecified atom stereocenters. The van der Waals surface area contributed by atoms with Gasteiger partial charge in [0.2, 0.25) is 11.8 Å².